The number of halogens is 2. The average molecular weight is 691 g/mol. The second kappa shape index (κ2) is 14.1. The summed E-state index contributed by atoms with van der Waals surface area (Å²) in [7, 11) is 1.50. The maximum atomic E-state index is 12.6. The van der Waals surface area contributed by atoms with Gasteiger partial charge in [0.1, 0.15) is 0 Å². The number of benzene rings is 3. The molecule has 2 N–H and O–H groups in total. The van der Waals surface area contributed by atoms with Crippen LogP contribution in [0.5, 0.6) is 11.5 Å². The monoisotopic (exact) mass is 690 g/mol. The molecule has 0 aliphatic heterocycles. The van der Waals surface area contributed by atoms with Crippen LogP contribution in [0.2, 0.25) is 5.02 Å². The number of hydrogen-bond donors (Lipinski definition) is 2. The van der Waals surface area contributed by atoms with E-state index >= 15 is 0 Å². The molecule has 4 rings (SSSR count). The molecule has 0 radical (unpaired) electrons. The lowest BCUT2D eigenvalue weighted by Crippen LogP contribution is -2.17. The Bertz CT molecular complexity index is 1510. The highest BCUT2D eigenvalue weighted by atomic mass is 127. The number of ether oxygens (including phenoxy) is 3. The quantitative estimate of drug-likeness (QED) is 0.0798. The summed E-state index contributed by atoms with van der Waals surface area (Å²) in [4.78, 5) is 28.8. The van der Waals surface area contributed by atoms with Crippen LogP contribution in [0.3, 0.4) is 0 Å². The van der Waals surface area contributed by atoms with E-state index in [1.807, 2.05) is 41.8 Å². The maximum absolute atomic E-state index is 12.6. The lowest BCUT2D eigenvalue weighted by atomic mass is 10.1. The largest absolute Gasteiger partial charge is 0.493 e. The summed E-state index contributed by atoms with van der Waals surface area (Å²) < 4.78 is 16.6. The third-order valence-corrected chi connectivity index (χ3v) is 7.12. The Balaban J connectivity index is 1.35. The third-order valence-electron chi connectivity index (χ3n) is 5.31. The normalized spacial score (nSPS) is 10.8. The number of carbonyl (C=O) groups is 2. The number of aromatic nitrogens is 1. The molecule has 40 heavy (non-hydrogen) atoms. The molecule has 4 aromatic rings. The van der Waals surface area contributed by atoms with Crippen LogP contribution in [0.15, 0.2) is 71.1 Å². The van der Waals surface area contributed by atoms with Crippen LogP contribution < -0.4 is 20.2 Å². The van der Waals surface area contributed by atoms with Gasteiger partial charge in [0, 0.05) is 27.2 Å². The topological polar surface area (TPSA) is 111 Å². The molecule has 0 saturated carbocycles. The third kappa shape index (κ3) is 7.93. The molecule has 1 heterocycles. The van der Waals surface area contributed by atoms with Crippen LogP contribution in [0, 0.1) is 3.57 Å². The number of amides is 1. The zero-order chi connectivity index (χ0) is 28.5. The first kappa shape index (κ1) is 29.3. The molecular weight excluding hydrogens is 667 g/mol. The van der Waals surface area contributed by atoms with Crippen molar-refractivity contribution in [2.24, 2.45) is 5.10 Å². The van der Waals surface area contributed by atoms with Crippen LogP contribution in [0.25, 0.3) is 11.3 Å². The number of hydrazone groups is 1. The van der Waals surface area contributed by atoms with Crippen molar-refractivity contribution < 1.29 is 23.8 Å². The van der Waals surface area contributed by atoms with Gasteiger partial charge in [-0.3, -0.25) is 4.79 Å². The predicted molar refractivity (Wildman–Crippen MR) is 165 cm³/mol. The summed E-state index contributed by atoms with van der Waals surface area (Å²) >= 11 is 9.49. The van der Waals surface area contributed by atoms with Crippen LogP contribution in [0.4, 0.5) is 10.8 Å². The number of anilines is 2. The zero-order valence-corrected chi connectivity index (χ0v) is 25.2. The van der Waals surface area contributed by atoms with Crippen LogP contribution in [-0.4, -0.2) is 43.4 Å². The van der Waals surface area contributed by atoms with Gasteiger partial charge in [-0.05, 0) is 83.6 Å². The van der Waals surface area contributed by atoms with E-state index in [0.717, 1.165) is 22.1 Å². The smallest absolute Gasteiger partial charge is 0.344 e. The number of rotatable bonds is 11. The Morgan fingerprint density at radius 3 is 2.58 bits per heavy atom. The van der Waals surface area contributed by atoms with Crippen molar-refractivity contribution in [1.29, 1.82) is 0 Å². The molecular formula is C28H24ClIN4O5S. The number of carbonyl (C=O) groups excluding carboxylic acids is 2. The van der Waals surface area contributed by atoms with Crippen molar-refractivity contribution in [3.63, 3.8) is 0 Å². The summed E-state index contributed by atoms with van der Waals surface area (Å²) in [6.45, 7) is 1.77. The van der Waals surface area contributed by atoms with E-state index in [1.54, 1.807) is 31.2 Å². The van der Waals surface area contributed by atoms with Gasteiger partial charge in [-0.1, -0.05) is 23.7 Å². The fourth-order valence-corrected chi connectivity index (χ4v) is 5.08. The second-order valence-corrected chi connectivity index (χ2v) is 10.5. The van der Waals surface area contributed by atoms with Crippen LogP contribution >= 0.6 is 45.5 Å². The molecule has 0 aliphatic rings. The second-order valence-electron chi connectivity index (χ2n) is 8.07. The lowest BCUT2D eigenvalue weighted by Gasteiger charge is -2.13. The zero-order valence-electron chi connectivity index (χ0n) is 21.4. The highest BCUT2D eigenvalue weighted by molar-refractivity contribution is 14.1. The van der Waals surface area contributed by atoms with E-state index in [2.05, 4.69) is 43.4 Å². The molecule has 12 heteroatoms. The summed E-state index contributed by atoms with van der Waals surface area (Å²) in [5.74, 6) is 0.0185. The minimum Gasteiger partial charge on any atom is -0.493 e. The Kier molecular flexibility index (Phi) is 10.3. The van der Waals surface area contributed by atoms with Crippen molar-refractivity contribution in [3.8, 4) is 22.8 Å². The van der Waals surface area contributed by atoms with Crippen molar-refractivity contribution >= 4 is 74.4 Å². The first-order chi connectivity index (χ1) is 19.4. The van der Waals surface area contributed by atoms with Gasteiger partial charge in [-0.25, -0.2) is 15.2 Å². The van der Waals surface area contributed by atoms with Gasteiger partial charge >= 0.3 is 5.97 Å². The van der Waals surface area contributed by atoms with Crippen molar-refractivity contribution in [2.75, 3.05) is 25.6 Å². The molecule has 0 bridgehead atoms. The summed E-state index contributed by atoms with van der Waals surface area (Å²) in [5, 5.41) is 10.7. The SMILES string of the molecule is CCOC(=O)COc1c(I)cc(/C=N\NC(=O)c2ccc(-c3csc(Nc4ccc(Cl)cc4)n3)cc2)cc1OC. The molecule has 0 spiro atoms. The molecule has 0 saturated heterocycles. The van der Waals surface area contributed by atoms with E-state index in [9.17, 15) is 9.59 Å². The Morgan fingerprint density at radius 2 is 1.88 bits per heavy atom. The number of thiazole rings is 1. The predicted octanol–water partition coefficient (Wildman–Crippen LogP) is 6.53. The van der Waals surface area contributed by atoms with Crippen molar-refractivity contribution in [1.82, 2.24) is 10.4 Å². The van der Waals surface area contributed by atoms with E-state index < -0.39 is 5.97 Å². The van der Waals surface area contributed by atoms with Crippen molar-refractivity contribution in [3.05, 3.63) is 85.8 Å². The van der Waals surface area contributed by atoms with Gasteiger partial charge < -0.3 is 19.5 Å². The van der Waals surface area contributed by atoms with Gasteiger partial charge in [-0.2, -0.15) is 5.10 Å². The standard InChI is InChI=1S/C28H24ClIN4O5S/c1-3-38-25(35)15-39-26-22(30)12-17(13-24(26)37-2)14-31-34-27(36)19-6-4-18(5-7-19)23-16-40-28(33-23)32-21-10-8-20(29)9-11-21/h4-14,16H,3,15H2,1-2H3,(H,32,33)(H,34,36)/b31-14-. The molecule has 0 fully saturated rings. The Morgan fingerprint density at radius 1 is 1.12 bits per heavy atom. The maximum Gasteiger partial charge on any atom is 0.344 e. The highest BCUT2D eigenvalue weighted by Gasteiger charge is 2.14. The summed E-state index contributed by atoms with van der Waals surface area (Å²) in [6, 6.07) is 18.0. The number of nitrogens with zero attached hydrogens (tertiary/aromatic N) is 2. The first-order valence-corrected chi connectivity index (χ1v) is 14.3. The number of nitrogens with one attached hydrogen (secondary N) is 2. The molecule has 9 nitrogen and oxygen atoms in total. The molecule has 1 aromatic heterocycles. The number of methoxy groups -OCH3 is 1. The summed E-state index contributed by atoms with van der Waals surface area (Å²) in [5.41, 5.74) is 6.22. The molecule has 0 aliphatic carbocycles. The fraction of sp³-hybridized carbons (Fsp3) is 0.143. The van der Waals surface area contributed by atoms with Crippen LogP contribution in [0.1, 0.15) is 22.8 Å². The minimum absolute atomic E-state index is 0.230. The van der Waals surface area contributed by atoms with Gasteiger partial charge in [0.25, 0.3) is 5.91 Å². The molecule has 3 aromatic carbocycles. The molecule has 206 valence electrons. The minimum atomic E-state index is -0.468. The lowest BCUT2D eigenvalue weighted by molar-refractivity contribution is -0.145. The van der Waals surface area contributed by atoms with E-state index in [-0.39, 0.29) is 19.1 Å². The Hall–Kier alpha value is -3.68. The number of hydrogen-bond acceptors (Lipinski definition) is 9. The van der Waals surface area contributed by atoms with Gasteiger partial charge in [0.2, 0.25) is 0 Å². The fourth-order valence-electron chi connectivity index (χ4n) is 3.43. The van der Waals surface area contributed by atoms with E-state index in [0.29, 0.717) is 31.2 Å². The molecule has 0 atom stereocenters. The average Bonchev–Trinajstić information content (AvgIpc) is 3.42. The highest BCUT2D eigenvalue weighted by Crippen LogP contribution is 2.33. The van der Waals surface area contributed by atoms with E-state index in [1.165, 1.54) is 24.7 Å². The van der Waals surface area contributed by atoms with Crippen LogP contribution in [-0.2, 0) is 9.53 Å². The summed E-state index contributed by atoms with van der Waals surface area (Å²) in [6.07, 6.45) is 1.50. The van der Waals surface area contributed by atoms with Gasteiger partial charge in [0.15, 0.2) is 23.2 Å². The molecule has 1 amide bonds. The van der Waals surface area contributed by atoms with Crippen molar-refractivity contribution in [2.45, 2.75) is 6.92 Å². The first-order valence-electron chi connectivity index (χ1n) is 11.9. The van der Waals surface area contributed by atoms with Gasteiger partial charge in [-0.15, -0.1) is 11.3 Å². The number of esters is 1. The van der Waals surface area contributed by atoms with E-state index in [4.69, 9.17) is 25.8 Å². The molecule has 0 unspecified atom stereocenters. The van der Waals surface area contributed by atoms with Gasteiger partial charge in [0.05, 0.1) is 29.2 Å². The Labute approximate surface area is 253 Å².